The molecule has 0 atom stereocenters. The molecule has 0 aliphatic heterocycles. The molecule has 0 radical (unpaired) electrons. The predicted octanol–water partition coefficient (Wildman–Crippen LogP) is 3.63. The highest BCUT2D eigenvalue weighted by molar-refractivity contribution is 8.00. The maximum atomic E-state index is 12.3. The van der Waals surface area contributed by atoms with Gasteiger partial charge in [0.1, 0.15) is 0 Å². The van der Waals surface area contributed by atoms with Crippen molar-refractivity contribution in [1.82, 2.24) is 20.2 Å². The Bertz CT molecular complexity index is 883. The number of carbonyl (C=O) groups excluding carboxylic acids is 1. The van der Waals surface area contributed by atoms with Gasteiger partial charge in [-0.1, -0.05) is 18.2 Å². The molecule has 0 amide bonds. The van der Waals surface area contributed by atoms with E-state index >= 15 is 0 Å². The van der Waals surface area contributed by atoms with Crippen LogP contribution in [-0.2, 0) is 11.3 Å². The first kappa shape index (κ1) is 17.9. The van der Waals surface area contributed by atoms with Gasteiger partial charge in [0.15, 0.2) is 12.4 Å². The SMILES string of the molecule is O=C(OCc1nnnn1-c1ccccc1)c1ccc(SC(F)(F)F)cc1. The zero-order valence-electron chi connectivity index (χ0n) is 13.1. The number of esters is 1. The van der Waals surface area contributed by atoms with Gasteiger partial charge in [-0.3, -0.25) is 0 Å². The smallest absolute Gasteiger partial charge is 0.446 e. The lowest BCUT2D eigenvalue weighted by atomic mass is 10.2. The van der Waals surface area contributed by atoms with Crippen LogP contribution in [0.3, 0.4) is 0 Å². The average molecular weight is 380 g/mol. The highest BCUT2D eigenvalue weighted by Crippen LogP contribution is 2.36. The summed E-state index contributed by atoms with van der Waals surface area (Å²) in [6.07, 6.45) is 0. The zero-order chi connectivity index (χ0) is 18.6. The van der Waals surface area contributed by atoms with Crippen LogP contribution in [0.25, 0.3) is 5.69 Å². The third-order valence-electron chi connectivity index (χ3n) is 3.19. The summed E-state index contributed by atoms with van der Waals surface area (Å²) >= 11 is -0.250. The van der Waals surface area contributed by atoms with Gasteiger partial charge in [-0.25, -0.2) is 4.79 Å². The molecule has 134 valence electrons. The Balaban J connectivity index is 1.64. The van der Waals surface area contributed by atoms with Gasteiger partial charge in [0.05, 0.1) is 11.3 Å². The summed E-state index contributed by atoms with van der Waals surface area (Å²) in [7, 11) is 0. The van der Waals surface area contributed by atoms with E-state index in [1.54, 1.807) is 12.1 Å². The van der Waals surface area contributed by atoms with Gasteiger partial charge in [-0.05, 0) is 58.6 Å². The van der Waals surface area contributed by atoms with Crippen molar-refractivity contribution in [1.29, 1.82) is 0 Å². The third-order valence-corrected chi connectivity index (χ3v) is 3.93. The van der Waals surface area contributed by atoms with Crippen LogP contribution in [0.5, 0.6) is 0 Å². The average Bonchev–Trinajstić information content (AvgIpc) is 3.08. The summed E-state index contributed by atoms with van der Waals surface area (Å²) in [5, 5.41) is 11.2. The normalized spacial score (nSPS) is 11.3. The third kappa shape index (κ3) is 4.60. The highest BCUT2D eigenvalue weighted by atomic mass is 32.2. The first-order valence-corrected chi connectivity index (χ1v) is 8.10. The van der Waals surface area contributed by atoms with Crippen LogP contribution < -0.4 is 0 Å². The predicted molar refractivity (Wildman–Crippen MR) is 86.6 cm³/mol. The van der Waals surface area contributed by atoms with E-state index in [4.69, 9.17) is 4.74 Å². The standard InChI is InChI=1S/C16H11F3N4O2S/c17-16(18,19)26-13-8-6-11(7-9-13)15(24)25-10-14-20-21-22-23(14)12-4-2-1-3-5-12/h1-9H,10H2. The van der Waals surface area contributed by atoms with Crippen LogP contribution in [0.4, 0.5) is 13.2 Å². The minimum absolute atomic E-state index is 0.0120. The molecule has 2 aromatic carbocycles. The van der Waals surface area contributed by atoms with Crippen molar-refractivity contribution >= 4 is 17.7 Å². The summed E-state index contributed by atoms with van der Waals surface area (Å²) in [5.41, 5.74) is -3.54. The molecule has 3 rings (SSSR count). The van der Waals surface area contributed by atoms with Gasteiger partial charge in [0.2, 0.25) is 0 Å². The molecule has 1 aromatic heterocycles. The van der Waals surface area contributed by atoms with Crippen LogP contribution in [0.15, 0.2) is 59.5 Å². The van der Waals surface area contributed by atoms with Gasteiger partial charge >= 0.3 is 11.5 Å². The Morgan fingerprint density at radius 2 is 1.77 bits per heavy atom. The maximum absolute atomic E-state index is 12.3. The minimum atomic E-state index is -4.38. The van der Waals surface area contributed by atoms with Gasteiger partial charge < -0.3 is 4.74 Å². The second-order valence-corrected chi connectivity index (χ2v) is 6.13. The van der Waals surface area contributed by atoms with Gasteiger partial charge in [-0.15, -0.1) is 5.10 Å². The molecule has 0 saturated heterocycles. The highest BCUT2D eigenvalue weighted by Gasteiger charge is 2.29. The van der Waals surface area contributed by atoms with Crippen molar-refractivity contribution in [2.75, 3.05) is 0 Å². The molecule has 0 N–H and O–H groups in total. The topological polar surface area (TPSA) is 69.9 Å². The molecule has 0 aliphatic carbocycles. The molecule has 3 aromatic rings. The Kier molecular flexibility index (Phi) is 5.21. The number of alkyl halides is 3. The van der Waals surface area contributed by atoms with Crippen molar-refractivity contribution in [2.24, 2.45) is 0 Å². The Labute approximate surface area is 150 Å². The van der Waals surface area contributed by atoms with Crippen LogP contribution in [0.1, 0.15) is 16.2 Å². The summed E-state index contributed by atoms with van der Waals surface area (Å²) in [6.45, 7) is -0.181. The van der Waals surface area contributed by atoms with E-state index in [1.807, 2.05) is 18.2 Å². The van der Waals surface area contributed by atoms with E-state index < -0.39 is 11.5 Å². The first-order chi connectivity index (χ1) is 12.4. The van der Waals surface area contributed by atoms with E-state index in [2.05, 4.69) is 15.5 Å². The quantitative estimate of drug-likeness (QED) is 0.497. The Morgan fingerprint density at radius 1 is 1.08 bits per heavy atom. The fourth-order valence-corrected chi connectivity index (χ4v) is 2.61. The molecular formula is C16H11F3N4O2S. The van der Waals surface area contributed by atoms with E-state index in [1.165, 1.54) is 28.9 Å². The summed E-state index contributed by atoms with van der Waals surface area (Å²) in [5.74, 6) is -0.370. The first-order valence-electron chi connectivity index (χ1n) is 7.28. The number of hydrogen-bond donors (Lipinski definition) is 0. The number of aromatic nitrogens is 4. The summed E-state index contributed by atoms with van der Waals surface area (Å²) in [6, 6.07) is 14.0. The molecule has 0 fully saturated rings. The van der Waals surface area contributed by atoms with Crippen molar-refractivity contribution in [3.8, 4) is 5.69 Å². The number of benzene rings is 2. The second-order valence-electron chi connectivity index (χ2n) is 4.99. The Hall–Kier alpha value is -2.88. The zero-order valence-corrected chi connectivity index (χ0v) is 13.9. The number of rotatable bonds is 5. The van der Waals surface area contributed by atoms with Crippen LogP contribution in [-0.4, -0.2) is 31.7 Å². The van der Waals surface area contributed by atoms with Crippen molar-refractivity contribution in [3.05, 3.63) is 66.0 Å². The minimum Gasteiger partial charge on any atom is -0.454 e. The van der Waals surface area contributed by atoms with Crippen molar-refractivity contribution in [2.45, 2.75) is 17.0 Å². The molecule has 0 unspecified atom stereocenters. The number of carbonyl (C=O) groups is 1. The number of ether oxygens (including phenoxy) is 1. The fraction of sp³-hybridized carbons (Fsp3) is 0.125. The lowest BCUT2D eigenvalue weighted by molar-refractivity contribution is -0.0328. The number of thioether (sulfide) groups is 1. The molecule has 26 heavy (non-hydrogen) atoms. The van der Waals surface area contributed by atoms with Crippen LogP contribution in [0.2, 0.25) is 0 Å². The second kappa shape index (κ2) is 7.56. The number of hydrogen-bond acceptors (Lipinski definition) is 6. The molecular weight excluding hydrogens is 369 g/mol. The summed E-state index contributed by atoms with van der Waals surface area (Å²) < 4.78 is 43.5. The van der Waals surface area contributed by atoms with Crippen LogP contribution >= 0.6 is 11.8 Å². The molecule has 6 nitrogen and oxygen atoms in total. The number of tetrazole rings is 1. The van der Waals surface area contributed by atoms with Gasteiger partial charge in [0.25, 0.3) is 0 Å². The molecule has 0 aliphatic rings. The Morgan fingerprint density at radius 3 is 2.42 bits per heavy atom. The number of halogens is 3. The van der Waals surface area contributed by atoms with E-state index in [9.17, 15) is 18.0 Å². The monoisotopic (exact) mass is 380 g/mol. The lowest BCUT2D eigenvalue weighted by Gasteiger charge is -2.07. The van der Waals surface area contributed by atoms with E-state index in [0.29, 0.717) is 11.5 Å². The van der Waals surface area contributed by atoms with Crippen molar-refractivity contribution < 1.29 is 22.7 Å². The molecule has 1 heterocycles. The maximum Gasteiger partial charge on any atom is 0.446 e. The molecule has 0 bridgehead atoms. The molecule has 0 saturated carbocycles. The number of nitrogens with zero attached hydrogens (tertiary/aromatic N) is 4. The number of para-hydroxylation sites is 1. The van der Waals surface area contributed by atoms with Crippen LogP contribution in [0, 0.1) is 0 Å². The molecule has 0 spiro atoms. The van der Waals surface area contributed by atoms with Crippen molar-refractivity contribution in [3.63, 3.8) is 0 Å². The lowest BCUT2D eigenvalue weighted by Crippen LogP contribution is -2.10. The largest absolute Gasteiger partial charge is 0.454 e. The van der Waals surface area contributed by atoms with Gasteiger partial charge in [-0.2, -0.15) is 17.9 Å². The van der Waals surface area contributed by atoms with E-state index in [0.717, 1.165) is 0 Å². The summed E-state index contributed by atoms with van der Waals surface area (Å²) in [4.78, 5) is 12.0. The van der Waals surface area contributed by atoms with E-state index in [-0.39, 0.29) is 28.8 Å². The fourth-order valence-electron chi connectivity index (χ4n) is 2.07. The van der Waals surface area contributed by atoms with Gasteiger partial charge in [0, 0.05) is 4.90 Å². The molecule has 10 heteroatoms.